The van der Waals surface area contributed by atoms with Crippen molar-refractivity contribution in [3.8, 4) is 0 Å². The number of nitrogens with two attached hydrogens (primary N) is 1. The van der Waals surface area contributed by atoms with Gasteiger partial charge in [-0.25, -0.2) is 4.79 Å². The third-order valence-electron chi connectivity index (χ3n) is 3.70. The smallest absolute Gasteiger partial charge is 0.335 e. The summed E-state index contributed by atoms with van der Waals surface area (Å²) in [6, 6.07) is 6.53. The minimum absolute atomic E-state index is 0.0222. The van der Waals surface area contributed by atoms with Crippen LogP contribution in [0.15, 0.2) is 30.8 Å². The first-order valence-corrected chi connectivity index (χ1v) is 6.55. The van der Waals surface area contributed by atoms with Gasteiger partial charge < -0.3 is 16.2 Å². The van der Waals surface area contributed by atoms with E-state index in [4.69, 9.17) is 10.8 Å². The van der Waals surface area contributed by atoms with Crippen molar-refractivity contribution in [3.63, 3.8) is 0 Å². The van der Waals surface area contributed by atoms with Crippen LogP contribution in [0.25, 0.3) is 5.57 Å². The summed E-state index contributed by atoms with van der Waals surface area (Å²) in [5.41, 5.74) is 6.43. The van der Waals surface area contributed by atoms with Gasteiger partial charge in [0.25, 0.3) is 0 Å². The molecule has 1 aliphatic carbocycles. The van der Waals surface area contributed by atoms with Gasteiger partial charge in [-0.2, -0.15) is 0 Å². The Hall–Kier alpha value is -2.14. The molecule has 0 atom stereocenters. The van der Waals surface area contributed by atoms with Crippen molar-refractivity contribution in [2.24, 2.45) is 5.73 Å². The van der Waals surface area contributed by atoms with E-state index in [0.29, 0.717) is 24.1 Å². The van der Waals surface area contributed by atoms with Crippen LogP contribution in [0.4, 0.5) is 5.69 Å². The van der Waals surface area contributed by atoms with Crippen molar-refractivity contribution in [2.45, 2.75) is 31.2 Å². The van der Waals surface area contributed by atoms with Gasteiger partial charge in [-0.1, -0.05) is 31.6 Å². The van der Waals surface area contributed by atoms with E-state index in [1.54, 1.807) is 24.3 Å². The zero-order valence-electron chi connectivity index (χ0n) is 11.2. The van der Waals surface area contributed by atoms with E-state index in [9.17, 15) is 9.59 Å². The number of amides is 1. The minimum Gasteiger partial charge on any atom is -0.478 e. The standard InChI is InChI=1S/C15H18N2O3/c1-10(13(18)19)11-4-6-12(7-5-11)17-14(20)15(16)8-2-3-9-15/h4-7H,1-3,8-9,16H2,(H,17,20)(H,18,19). The van der Waals surface area contributed by atoms with E-state index in [2.05, 4.69) is 11.9 Å². The van der Waals surface area contributed by atoms with Crippen LogP contribution in [0.1, 0.15) is 31.2 Å². The highest BCUT2D eigenvalue weighted by atomic mass is 16.4. The SMILES string of the molecule is C=C(C(=O)O)c1ccc(NC(=O)C2(N)CCCC2)cc1. The highest BCUT2D eigenvalue weighted by Crippen LogP contribution is 2.28. The molecule has 5 nitrogen and oxygen atoms in total. The van der Waals surface area contributed by atoms with Gasteiger partial charge in [0.15, 0.2) is 0 Å². The Morgan fingerprint density at radius 1 is 1.20 bits per heavy atom. The number of hydrogen-bond donors (Lipinski definition) is 3. The maximum absolute atomic E-state index is 12.1. The second-order valence-corrected chi connectivity index (χ2v) is 5.18. The topological polar surface area (TPSA) is 92.4 Å². The largest absolute Gasteiger partial charge is 0.478 e. The first kappa shape index (κ1) is 14.3. The lowest BCUT2D eigenvalue weighted by atomic mass is 9.98. The van der Waals surface area contributed by atoms with Crippen molar-refractivity contribution >= 4 is 23.1 Å². The Morgan fingerprint density at radius 2 is 1.75 bits per heavy atom. The second-order valence-electron chi connectivity index (χ2n) is 5.18. The molecular formula is C15H18N2O3. The van der Waals surface area contributed by atoms with Gasteiger partial charge in [-0.05, 0) is 30.5 Å². The van der Waals surface area contributed by atoms with E-state index in [1.807, 2.05) is 0 Å². The molecule has 1 fully saturated rings. The van der Waals surface area contributed by atoms with Crippen molar-refractivity contribution in [1.82, 2.24) is 0 Å². The Labute approximate surface area is 117 Å². The molecule has 1 saturated carbocycles. The molecule has 0 aliphatic heterocycles. The first-order chi connectivity index (χ1) is 9.42. The molecule has 20 heavy (non-hydrogen) atoms. The van der Waals surface area contributed by atoms with E-state index in [0.717, 1.165) is 12.8 Å². The van der Waals surface area contributed by atoms with Crippen LogP contribution in [-0.4, -0.2) is 22.5 Å². The van der Waals surface area contributed by atoms with Gasteiger partial charge in [0, 0.05) is 5.69 Å². The van der Waals surface area contributed by atoms with E-state index < -0.39 is 11.5 Å². The molecule has 0 unspecified atom stereocenters. The molecular weight excluding hydrogens is 256 g/mol. The summed E-state index contributed by atoms with van der Waals surface area (Å²) < 4.78 is 0. The van der Waals surface area contributed by atoms with Gasteiger partial charge in [-0.15, -0.1) is 0 Å². The number of anilines is 1. The highest BCUT2D eigenvalue weighted by Gasteiger charge is 2.36. The molecule has 106 valence electrons. The van der Waals surface area contributed by atoms with Crippen molar-refractivity contribution in [1.29, 1.82) is 0 Å². The summed E-state index contributed by atoms with van der Waals surface area (Å²) in [5, 5.41) is 11.6. The maximum atomic E-state index is 12.1. The lowest BCUT2D eigenvalue weighted by Gasteiger charge is -2.22. The second kappa shape index (κ2) is 5.46. The summed E-state index contributed by atoms with van der Waals surface area (Å²) in [5.74, 6) is -1.24. The van der Waals surface area contributed by atoms with Crippen LogP contribution in [0.2, 0.25) is 0 Å². The van der Waals surface area contributed by atoms with Crippen molar-refractivity contribution in [2.75, 3.05) is 5.32 Å². The number of benzene rings is 1. The summed E-state index contributed by atoms with van der Waals surface area (Å²) in [7, 11) is 0. The van der Waals surface area contributed by atoms with E-state index in [-0.39, 0.29) is 11.5 Å². The van der Waals surface area contributed by atoms with Crippen LogP contribution in [0.3, 0.4) is 0 Å². The van der Waals surface area contributed by atoms with E-state index in [1.165, 1.54) is 0 Å². The van der Waals surface area contributed by atoms with Gasteiger partial charge in [0.1, 0.15) is 0 Å². The normalized spacial score (nSPS) is 16.6. The average Bonchev–Trinajstić information content (AvgIpc) is 2.87. The van der Waals surface area contributed by atoms with E-state index >= 15 is 0 Å². The Morgan fingerprint density at radius 3 is 2.25 bits per heavy atom. The fourth-order valence-electron chi connectivity index (χ4n) is 2.37. The lowest BCUT2D eigenvalue weighted by molar-refractivity contribution is -0.130. The monoisotopic (exact) mass is 274 g/mol. The fraction of sp³-hybridized carbons (Fsp3) is 0.333. The van der Waals surface area contributed by atoms with Crippen LogP contribution < -0.4 is 11.1 Å². The minimum atomic E-state index is -1.06. The number of rotatable bonds is 4. The maximum Gasteiger partial charge on any atom is 0.335 e. The number of hydrogen-bond acceptors (Lipinski definition) is 3. The molecule has 0 spiro atoms. The number of carbonyl (C=O) groups is 2. The number of carboxylic acids is 1. The zero-order chi connectivity index (χ0) is 14.8. The third kappa shape index (κ3) is 2.88. The number of carboxylic acid groups (broad SMARTS) is 1. The summed E-state index contributed by atoms with van der Waals surface area (Å²) in [6.45, 7) is 3.48. The van der Waals surface area contributed by atoms with Crippen LogP contribution in [0.5, 0.6) is 0 Å². The molecule has 4 N–H and O–H groups in total. The van der Waals surface area contributed by atoms with Crippen molar-refractivity contribution in [3.05, 3.63) is 36.4 Å². The Kier molecular flexibility index (Phi) is 3.90. The molecule has 0 aromatic heterocycles. The van der Waals surface area contributed by atoms with Gasteiger partial charge in [0.05, 0.1) is 11.1 Å². The van der Waals surface area contributed by atoms with Crippen LogP contribution in [-0.2, 0) is 9.59 Å². The van der Waals surface area contributed by atoms with Gasteiger partial charge in [-0.3, -0.25) is 4.79 Å². The summed E-state index contributed by atoms with van der Waals surface area (Å²) in [4.78, 5) is 22.9. The third-order valence-corrected chi connectivity index (χ3v) is 3.70. The van der Waals surface area contributed by atoms with Crippen molar-refractivity contribution < 1.29 is 14.7 Å². The molecule has 0 heterocycles. The quantitative estimate of drug-likeness (QED) is 0.732. The van der Waals surface area contributed by atoms with Gasteiger partial charge in [0.2, 0.25) is 5.91 Å². The molecule has 0 radical (unpaired) electrons. The molecule has 0 bridgehead atoms. The molecule has 0 saturated heterocycles. The number of carbonyl (C=O) groups excluding carboxylic acids is 1. The fourth-order valence-corrected chi connectivity index (χ4v) is 2.37. The van der Waals surface area contributed by atoms with Crippen LogP contribution in [0, 0.1) is 0 Å². The number of aliphatic carboxylic acids is 1. The Bertz CT molecular complexity index is 543. The number of nitrogens with one attached hydrogen (secondary N) is 1. The summed E-state index contributed by atoms with van der Waals surface area (Å²) in [6.07, 6.45) is 3.35. The highest BCUT2D eigenvalue weighted by molar-refractivity contribution is 6.14. The molecule has 2 rings (SSSR count). The van der Waals surface area contributed by atoms with Gasteiger partial charge >= 0.3 is 5.97 Å². The predicted molar refractivity (Wildman–Crippen MR) is 77.1 cm³/mol. The molecule has 1 aliphatic rings. The summed E-state index contributed by atoms with van der Waals surface area (Å²) >= 11 is 0. The zero-order valence-corrected chi connectivity index (χ0v) is 11.2. The molecule has 1 aromatic carbocycles. The molecule has 5 heteroatoms. The molecule has 1 amide bonds. The van der Waals surface area contributed by atoms with Crippen LogP contribution >= 0.6 is 0 Å². The first-order valence-electron chi connectivity index (χ1n) is 6.55. The Balaban J connectivity index is 2.06. The molecule has 1 aromatic rings. The predicted octanol–water partition coefficient (Wildman–Crippen LogP) is 1.99. The lowest BCUT2D eigenvalue weighted by Crippen LogP contribution is -2.48. The average molecular weight is 274 g/mol.